The number of aliphatic imine (C=N–C) groups is 1. The van der Waals surface area contributed by atoms with E-state index in [0.717, 1.165) is 61.1 Å². The largest absolute Gasteiger partial charge is 0.342 e. The average molecular weight is 534 g/mol. The van der Waals surface area contributed by atoms with E-state index in [0.29, 0.717) is 16.3 Å². The summed E-state index contributed by atoms with van der Waals surface area (Å²) in [4.78, 5) is 42.5. The van der Waals surface area contributed by atoms with Crippen molar-refractivity contribution in [2.45, 2.75) is 46.5 Å². The number of aromatic nitrogens is 1. The molecule has 38 heavy (non-hydrogen) atoms. The molecular formula is C26H27N7O4S. The number of benzene rings is 1. The molecule has 196 valence electrons. The van der Waals surface area contributed by atoms with E-state index in [1.807, 2.05) is 36.3 Å². The fourth-order valence-corrected chi connectivity index (χ4v) is 5.78. The van der Waals surface area contributed by atoms with Crippen molar-refractivity contribution in [3.8, 4) is 5.69 Å². The van der Waals surface area contributed by atoms with Crippen molar-refractivity contribution >= 4 is 51.4 Å². The van der Waals surface area contributed by atoms with Crippen molar-refractivity contribution in [1.29, 1.82) is 5.41 Å². The molecule has 4 heterocycles. The lowest BCUT2D eigenvalue weighted by Crippen LogP contribution is -2.36. The molecule has 0 bridgehead atoms. The normalized spacial score (nSPS) is 18.6. The van der Waals surface area contributed by atoms with E-state index in [1.54, 1.807) is 12.1 Å². The van der Waals surface area contributed by atoms with Gasteiger partial charge in [0.05, 0.1) is 22.6 Å². The first-order valence-corrected chi connectivity index (χ1v) is 13.2. The molecule has 0 aliphatic carbocycles. The Hall–Kier alpha value is -4.06. The van der Waals surface area contributed by atoms with Crippen LogP contribution in [-0.2, 0) is 9.59 Å². The predicted molar refractivity (Wildman–Crippen MR) is 147 cm³/mol. The van der Waals surface area contributed by atoms with Gasteiger partial charge in [0.2, 0.25) is 11.1 Å². The monoisotopic (exact) mass is 533 g/mol. The number of carbonyl (C=O) groups is 2. The zero-order chi connectivity index (χ0) is 27.1. The standard InChI is InChI=1S/C26H27N7O4S/c1-15-7-8-19(33(36)37)13-21(15)31-16(2)11-18(17(31)3)12-20-24(27)32-26(28-25(20)35)38-22(29-32)14-23(34)30-9-5-4-6-10-30/h7-8,11-13,27H,4-6,9-10,14H2,1-3H3/b20-12-,27-24?. The molecule has 1 aromatic carbocycles. The van der Waals surface area contributed by atoms with E-state index in [4.69, 9.17) is 5.41 Å². The van der Waals surface area contributed by atoms with Crippen molar-refractivity contribution in [1.82, 2.24) is 14.5 Å². The fraction of sp³-hybridized carbons (Fsp3) is 0.346. The molecule has 0 unspecified atom stereocenters. The average Bonchev–Trinajstić information content (AvgIpc) is 3.41. The molecule has 0 radical (unpaired) electrons. The van der Waals surface area contributed by atoms with Gasteiger partial charge < -0.3 is 9.47 Å². The topological polar surface area (TPSA) is 137 Å². The highest BCUT2D eigenvalue weighted by atomic mass is 32.2. The van der Waals surface area contributed by atoms with Crippen molar-refractivity contribution in [3.05, 3.63) is 62.5 Å². The Balaban J connectivity index is 1.42. The number of non-ortho nitro benzene ring substituents is 1. The summed E-state index contributed by atoms with van der Waals surface area (Å²) in [6.07, 6.45) is 4.85. The summed E-state index contributed by atoms with van der Waals surface area (Å²) in [7, 11) is 0. The van der Waals surface area contributed by atoms with Gasteiger partial charge >= 0.3 is 0 Å². The number of hydrogen-bond acceptors (Lipinski definition) is 7. The second-order valence-corrected chi connectivity index (χ2v) is 10.6. The number of nitrogens with one attached hydrogen (secondary N) is 1. The van der Waals surface area contributed by atoms with Crippen molar-refractivity contribution in [2.75, 3.05) is 13.1 Å². The quantitative estimate of drug-likeness (QED) is 0.345. The summed E-state index contributed by atoms with van der Waals surface area (Å²) in [6.45, 7) is 7.11. The van der Waals surface area contributed by atoms with Gasteiger partial charge in [0.25, 0.3) is 11.6 Å². The summed E-state index contributed by atoms with van der Waals surface area (Å²) >= 11 is 1.15. The first-order valence-electron chi connectivity index (χ1n) is 12.4. The van der Waals surface area contributed by atoms with Gasteiger partial charge in [-0.05, 0) is 75.1 Å². The molecule has 1 saturated heterocycles. The van der Waals surface area contributed by atoms with Crippen molar-refractivity contribution in [2.24, 2.45) is 10.1 Å². The summed E-state index contributed by atoms with van der Waals surface area (Å²) in [6, 6.07) is 6.57. The Kier molecular flexibility index (Phi) is 6.74. The zero-order valence-electron chi connectivity index (χ0n) is 21.4. The highest BCUT2D eigenvalue weighted by molar-refractivity contribution is 8.27. The van der Waals surface area contributed by atoms with Gasteiger partial charge in [0.1, 0.15) is 5.04 Å². The highest BCUT2D eigenvalue weighted by Crippen LogP contribution is 2.32. The first-order chi connectivity index (χ1) is 18.1. The van der Waals surface area contributed by atoms with Crippen LogP contribution in [0.15, 0.2) is 39.9 Å². The number of fused-ring (bicyclic) bond motifs is 1. The van der Waals surface area contributed by atoms with Crippen molar-refractivity contribution in [3.63, 3.8) is 0 Å². The summed E-state index contributed by atoms with van der Waals surface area (Å²) < 4.78 is 1.90. The molecule has 0 spiro atoms. The van der Waals surface area contributed by atoms with E-state index in [1.165, 1.54) is 17.1 Å². The Morgan fingerprint density at radius 2 is 1.92 bits per heavy atom. The molecule has 2 aromatic rings. The number of hydrazone groups is 1. The number of nitrogens with zero attached hydrogens (tertiary/aromatic N) is 6. The minimum absolute atomic E-state index is 0.00565. The van der Waals surface area contributed by atoms with E-state index in [9.17, 15) is 19.7 Å². The lowest BCUT2D eigenvalue weighted by molar-refractivity contribution is -0.384. The summed E-state index contributed by atoms with van der Waals surface area (Å²) in [5.41, 5.74) is 3.89. The Bertz CT molecular complexity index is 1480. The molecule has 5 rings (SSSR count). The molecule has 0 atom stereocenters. The van der Waals surface area contributed by atoms with Gasteiger partial charge in [0, 0.05) is 36.6 Å². The molecule has 12 heteroatoms. The number of hydrogen-bond donors (Lipinski definition) is 1. The summed E-state index contributed by atoms with van der Waals surface area (Å²) in [5, 5.41) is 26.5. The van der Waals surface area contributed by atoms with Crippen LogP contribution in [0.25, 0.3) is 11.8 Å². The van der Waals surface area contributed by atoms with Crippen LogP contribution in [0.1, 0.15) is 48.2 Å². The molecule has 11 nitrogen and oxygen atoms in total. The Morgan fingerprint density at radius 1 is 1.18 bits per heavy atom. The molecule has 1 fully saturated rings. The minimum atomic E-state index is -0.552. The predicted octanol–water partition coefficient (Wildman–Crippen LogP) is 4.33. The fourth-order valence-electron chi connectivity index (χ4n) is 4.90. The number of nitro benzene ring substituents is 1. The third-order valence-electron chi connectivity index (χ3n) is 6.92. The molecular weight excluding hydrogens is 506 g/mol. The zero-order valence-corrected chi connectivity index (χ0v) is 22.2. The lowest BCUT2D eigenvalue weighted by Gasteiger charge is -2.26. The maximum Gasteiger partial charge on any atom is 0.283 e. The van der Waals surface area contributed by atoms with Gasteiger partial charge in [-0.15, -0.1) is 0 Å². The number of thioether (sulfide) groups is 1. The molecule has 3 aliphatic heterocycles. The van der Waals surface area contributed by atoms with Crippen LogP contribution >= 0.6 is 11.8 Å². The van der Waals surface area contributed by atoms with E-state index in [2.05, 4.69) is 10.1 Å². The third kappa shape index (κ3) is 4.67. The SMILES string of the molecule is Cc1ccc([N+](=O)[O-])cc1-n1c(C)cc(/C=C2/C(=N)N3N=C(CC(=O)N4CCCCC4)SC3=NC2=O)c1C. The number of aryl methyl sites for hydroxylation is 2. The molecule has 3 aliphatic rings. The second-order valence-electron chi connectivity index (χ2n) is 9.52. The molecule has 1 N–H and O–H groups in total. The maximum atomic E-state index is 12.9. The van der Waals surface area contributed by atoms with Crippen LogP contribution < -0.4 is 0 Å². The van der Waals surface area contributed by atoms with E-state index in [-0.39, 0.29) is 34.6 Å². The van der Waals surface area contributed by atoms with Gasteiger partial charge in [-0.25, -0.2) is 0 Å². The molecule has 1 aromatic heterocycles. The van der Waals surface area contributed by atoms with E-state index >= 15 is 0 Å². The van der Waals surface area contributed by atoms with Crippen LogP contribution in [0.5, 0.6) is 0 Å². The lowest BCUT2D eigenvalue weighted by atomic mass is 10.1. The number of piperidine rings is 1. The van der Waals surface area contributed by atoms with E-state index < -0.39 is 10.8 Å². The number of amidine groups is 2. The van der Waals surface area contributed by atoms with Gasteiger partial charge in [-0.1, -0.05) is 6.07 Å². The first kappa shape index (κ1) is 25.6. The maximum absolute atomic E-state index is 12.9. The smallest absolute Gasteiger partial charge is 0.283 e. The van der Waals surface area contributed by atoms with Crippen LogP contribution in [-0.4, -0.2) is 60.4 Å². The second kappa shape index (κ2) is 10.0. The van der Waals surface area contributed by atoms with Crippen LogP contribution in [0, 0.1) is 36.3 Å². The van der Waals surface area contributed by atoms with Crippen LogP contribution in [0.4, 0.5) is 5.69 Å². The van der Waals surface area contributed by atoms with Crippen LogP contribution in [0.3, 0.4) is 0 Å². The minimum Gasteiger partial charge on any atom is -0.342 e. The van der Waals surface area contributed by atoms with Gasteiger partial charge in [-0.3, -0.25) is 25.1 Å². The highest BCUT2D eigenvalue weighted by Gasteiger charge is 2.36. The van der Waals surface area contributed by atoms with Gasteiger partial charge in [0.15, 0.2) is 5.84 Å². The van der Waals surface area contributed by atoms with Crippen molar-refractivity contribution < 1.29 is 14.5 Å². The number of rotatable bonds is 5. The van der Waals surface area contributed by atoms with Gasteiger partial charge in [-0.2, -0.15) is 15.1 Å². The number of carbonyl (C=O) groups excluding carboxylic acids is 2. The summed E-state index contributed by atoms with van der Waals surface area (Å²) in [5.74, 6) is -0.665. The van der Waals surface area contributed by atoms with Crippen LogP contribution in [0.2, 0.25) is 0 Å². The third-order valence-corrected chi connectivity index (χ3v) is 7.83. The number of likely N-dealkylation sites (tertiary alicyclic amines) is 1. The Labute approximate surface area is 223 Å². The molecule has 2 amide bonds. The number of amides is 2. The number of nitro groups is 1. The molecule has 0 saturated carbocycles. The Morgan fingerprint density at radius 3 is 2.63 bits per heavy atom.